The van der Waals surface area contributed by atoms with Gasteiger partial charge in [-0.1, -0.05) is 44.2 Å². The summed E-state index contributed by atoms with van der Waals surface area (Å²) >= 11 is 0. The normalized spacial score (nSPS) is 11.9. The average molecular weight is 201 g/mol. The van der Waals surface area contributed by atoms with Crippen LogP contribution in [0.5, 0.6) is 5.88 Å². The highest BCUT2D eigenvalue weighted by molar-refractivity contribution is 5.91. The quantitative estimate of drug-likeness (QED) is 0.766. The zero-order valence-corrected chi connectivity index (χ0v) is 8.99. The van der Waals surface area contributed by atoms with Crippen molar-refractivity contribution < 1.29 is 5.11 Å². The van der Waals surface area contributed by atoms with Crippen molar-refractivity contribution in [3.8, 4) is 5.88 Å². The van der Waals surface area contributed by atoms with Crippen LogP contribution in [0.2, 0.25) is 0 Å². The average Bonchev–Trinajstić information content (AvgIpc) is 2.50. The van der Waals surface area contributed by atoms with Gasteiger partial charge in [-0.05, 0) is 12.0 Å². The van der Waals surface area contributed by atoms with Crippen molar-refractivity contribution in [3.63, 3.8) is 0 Å². The van der Waals surface area contributed by atoms with Gasteiger partial charge in [0.25, 0.3) is 0 Å². The Hall–Kier alpha value is -1.70. The minimum Gasteiger partial charge on any atom is -0.494 e. The van der Waals surface area contributed by atoms with Crippen molar-refractivity contribution in [2.75, 3.05) is 0 Å². The van der Waals surface area contributed by atoms with Gasteiger partial charge in [0, 0.05) is 16.5 Å². The van der Waals surface area contributed by atoms with Crippen molar-refractivity contribution in [3.05, 3.63) is 35.9 Å². The zero-order chi connectivity index (χ0) is 10.8. The van der Waals surface area contributed by atoms with Gasteiger partial charge in [-0.3, -0.25) is 0 Å². The third-order valence-electron chi connectivity index (χ3n) is 2.37. The Morgan fingerprint density at radius 1 is 1.27 bits per heavy atom. The van der Waals surface area contributed by atoms with Gasteiger partial charge >= 0.3 is 0 Å². The third-order valence-corrected chi connectivity index (χ3v) is 2.37. The second-order valence-electron chi connectivity index (χ2n) is 4.04. The number of nitrogens with one attached hydrogen (secondary N) is 1. The molecule has 0 spiro atoms. The fourth-order valence-electron chi connectivity index (χ4n) is 1.61. The second kappa shape index (κ2) is 3.81. The molecule has 2 rings (SSSR count). The van der Waals surface area contributed by atoms with E-state index in [2.05, 4.69) is 24.9 Å². The molecule has 2 aromatic rings. The molecule has 0 fully saturated rings. The molecular weight excluding hydrogens is 186 g/mol. The molecule has 2 nitrogen and oxygen atoms in total. The molecule has 0 atom stereocenters. The summed E-state index contributed by atoms with van der Waals surface area (Å²) in [5, 5.41) is 10.8. The van der Waals surface area contributed by atoms with Crippen molar-refractivity contribution in [1.82, 2.24) is 4.98 Å². The lowest BCUT2D eigenvalue weighted by Crippen LogP contribution is -1.77. The number of hydrogen-bond acceptors (Lipinski definition) is 1. The first kappa shape index (κ1) is 9.84. The molecule has 15 heavy (non-hydrogen) atoms. The van der Waals surface area contributed by atoms with Crippen LogP contribution < -0.4 is 0 Å². The molecule has 2 N–H and O–H groups in total. The maximum Gasteiger partial charge on any atom is 0.196 e. The van der Waals surface area contributed by atoms with E-state index in [-0.39, 0.29) is 5.88 Å². The van der Waals surface area contributed by atoms with E-state index < -0.39 is 0 Å². The molecule has 1 aromatic carbocycles. The van der Waals surface area contributed by atoms with E-state index in [0.717, 1.165) is 16.5 Å². The van der Waals surface area contributed by atoms with Gasteiger partial charge < -0.3 is 10.1 Å². The Kier molecular flexibility index (Phi) is 2.50. The number of H-pyrrole nitrogens is 1. The summed E-state index contributed by atoms with van der Waals surface area (Å²) in [5.41, 5.74) is 1.85. The molecule has 0 radical (unpaired) electrons. The first-order chi connectivity index (χ1) is 7.18. The third kappa shape index (κ3) is 1.89. The van der Waals surface area contributed by atoms with Crippen LogP contribution in [0.4, 0.5) is 0 Å². The number of rotatable bonds is 2. The lowest BCUT2D eigenvalue weighted by Gasteiger charge is -1.95. The summed E-state index contributed by atoms with van der Waals surface area (Å²) in [6.07, 6.45) is 4.05. The summed E-state index contributed by atoms with van der Waals surface area (Å²) in [5.74, 6) is 0.728. The molecule has 78 valence electrons. The van der Waals surface area contributed by atoms with Crippen LogP contribution in [0.1, 0.15) is 19.4 Å². The number of aromatic hydroxyl groups is 1. The van der Waals surface area contributed by atoms with Crippen LogP contribution in [0.15, 0.2) is 30.3 Å². The van der Waals surface area contributed by atoms with Gasteiger partial charge in [0.05, 0.1) is 0 Å². The topological polar surface area (TPSA) is 36.0 Å². The van der Waals surface area contributed by atoms with Gasteiger partial charge in [0.2, 0.25) is 0 Å². The predicted octanol–water partition coefficient (Wildman–Crippen LogP) is 3.54. The van der Waals surface area contributed by atoms with Gasteiger partial charge in [0.15, 0.2) is 5.88 Å². The van der Waals surface area contributed by atoms with E-state index in [1.54, 1.807) is 0 Å². The Bertz CT molecular complexity index is 494. The Labute approximate surface area is 89.3 Å². The lowest BCUT2D eigenvalue weighted by molar-refractivity contribution is 0.457. The number of aromatic nitrogens is 1. The SMILES string of the molecule is CC(C)C=Cc1c(O)[nH]c2ccccc12. The van der Waals surface area contributed by atoms with Crippen LogP contribution in [0, 0.1) is 5.92 Å². The molecule has 2 heteroatoms. The molecule has 1 heterocycles. The number of benzene rings is 1. The first-order valence-electron chi connectivity index (χ1n) is 5.16. The number of hydrogen-bond donors (Lipinski definition) is 2. The van der Waals surface area contributed by atoms with E-state index in [0.29, 0.717) is 5.92 Å². The van der Waals surface area contributed by atoms with Crippen LogP contribution >= 0.6 is 0 Å². The van der Waals surface area contributed by atoms with Gasteiger partial charge in [0.1, 0.15) is 0 Å². The van der Waals surface area contributed by atoms with E-state index in [4.69, 9.17) is 0 Å². The van der Waals surface area contributed by atoms with Crippen LogP contribution in [0.3, 0.4) is 0 Å². The van der Waals surface area contributed by atoms with Crippen molar-refractivity contribution in [2.45, 2.75) is 13.8 Å². The molecule has 0 amide bonds. The van der Waals surface area contributed by atoms with Gasteiger partial charge in [-0.2, -0.15) is 0 Å². The largest absolute Gasteiger partial charge is 0.494 e. The molecule has 0 saturated heterocycles. The number of aromatic amines is 1. The smallest absolute Gasteiger partial charge is 0.196 e. The number of fused-ring (bicyclic) bond motifs is 1. The Morgan fingerprint density at radius 2 is 2.00 bits per heavy atom. The summed E-state index contributed by atoms with van der Waals surface area (Å²) in [4.78, 5) is 2.96. The zero-order valence-electron chi connectivity index (χ0n) is 8.99. The standard InChI is InChI=1S/C13H15NO/c1-9(2)7-8-11-10-5-3-4-6-12(10)14-13(11)15/h3-9,14-15H,1-2H3. The molecule has 0 aliphatic heterocycles. The highest BCUT2D eigenvalue weighted by Crippen LogP contribution is 2.28. The number of para-hydroxylation sites is 1. The molecular formula is C13H15NO. The second-order valence-corrected chi connectivity index (χ2v) is 4.04. The summed E-state index contributed by atoms with van der Waals surface area (Å²) in [6, 6.07) is 7.89. The van der Waals surface area contributed by atoms with Crippen molar-refractivity contribution >= 4 is 17.0 Å². The maximum atomic E-state index is 9.74. The number of allylic oxidation sites excluding steroid dienone is 1. The minimum absolute atomic E-state index is 0.244. The fourth-order valence-corrected chi connectivity index (χ4v) is 1.61. The highest BCUT2D eigenvalue weighted by atomic mass is 16.3. The molecule has 0 aliphatic rings. The molecule has 1 aromatic heterocycles. The summed E-state index contributed by atoms with van der Waals surface area (Å²) in [6.45, 7) is 4.23. The molecule has 0 bridgehead atoms. The monoisotopic (exact) mass is 201 g/mol. The van der Waals surface area contributed by atoms with Gasteiger partial charge in [-0.25, -0.2) is 0 Å². The van der Waals surface area contributed by atoms with Crippen LogP contribution in [-0.4, -0.2) is 10.1 Å². The van der Waals surface area contributed by atoms with Gasteiger partial charge in [-0.15, -0.1) is 0 Å². The van der Waals surface area contributed by atoms with Crippen LogP contribution in [-0.2, 0) is 0 Å². The van der Waals surface area contributed by atoms with Crippen molar-refractivity contribution in [1.29, 1.82) is 0 Å². The minimum atomic E-state index is 0.244. The fraction of sp³-hybridized carbons (Fsp3) is 0.231. The lowest BCUT2D eigenvalue weighted by atomic mass is 10.1. The highest BCUT2D eigenvalue weighted by Gasteiger charge is 2.06. The molecule has 0 saturated carbocycles. The summed E-state index contributed by atoms with van der Waals surface area (Å²) in [7, 11) is 0. The summed E-state index contributed by atoms with van der Waals surface area (Å²) < 4.78 is 0. The van der Waals surface area contributed by atoms with E-state index in [1.165, 1.54) is 0 Å². The van der Waals surface area contributed by atoms with E-state index in [9.17, 15) is 5.11 Å². The van der Waals surface area contributed by atoms with E-state index >= 15 is 0 Å². The van der Waals surface area contributed by atoms with E-state index in [1.807, 2.05) is 30.3 Å². The Balaban J connectivity index is 2.54. The molecule has 0 aliphatic carbocycles. The van der Waals surface area contributed by atoms with Crippen molar-refractivity contribution in [2.24, 2.45) is 5.92 Å². The van der Waals surface area contributed by atoms with Crippen LogP contribution in [0.25, 0.3) is 17.0 Å². The maximum absolute atomic E-state index is 9.74. The molecule has 0 unspecified atom stereocenters. The predicted molar refractivity (Wildman–Crippen MR) is 63.8 cm³/mol. The Morgan fingerprint density at radius 3 is 2.73 bits per heavy atom. The first-order valence-corrected chi connectivity index (χ1v) is 5.16.